The summed E-state index contributed by atoms with van der Waals surface area (Å²) in [5, 5.41) is 22.2. The van der Waals surface area contributed by atoms with Crippen LogP contribution in [-0.4, -0.2) is 63.0 Å². The lowest BCUT2D eigenvalue weighted by Crippen LogP contribution is -2.48. The first-order valence-corrected chi connectivity index (χ1v) is 14.6. The molecule has 1 saturated carbocycles. The smallest absolute Gasteiger partial charge is 0.343 e. The summed E-state index contributed by atoms with van der Waals surface area (Å²) in [4.78, 5) is 33.9. The Morgan fingerprint density at radius 2 is 1.76 bits per heavy atom. The first kappa shape index (κ1) is 25.3. The monoisotopic (exact) mass is 559 g/mol. The van der Waals surface area contributed by atoms with Gasteiger partial charge in [-0.2, -0.15) is 0 Å². The van der Waals surface area contributed by atoms with Crippen LogP contribution in [-0.2, 0) is 34.8 Å². The van der Waals surface area contributed by atoms with Crippen molar-refractivity contribution in [2.24, 2.45) is 5.41 Å². The van der Waals surface area contributed by atoms with Crippen LogP contribution >= 0.6 is 0 Å². The molecule has 8 rings (SSSR count). The third kappa shape index (κ3) is 3.63. The molecular weight excluding hydrogens is 526 g/mol. The zero-order valence-corrected chi connectivity index (χ0v) is 23.1. The highest BCUT2D eigenvalue weighted by atomic mass is 16.6. The van der Waals surface area contributed by atoms with Crippen molar-refractivity contribution in [2.75, 3.05) is 26.3 Å². The Bertz CT molecular complexity index is 1680. The molecule has 6 heterocycles. The maximum absolute atomic E-state index is 13.8. The number of likely N-dealkylation sites (tertiary alicyclic amines) is 1. The van der Waals surface area contributed by atoms with Crippen LogP contribution in [0.15, 0.2) is 23.0 Å². The number of esters is 1. The van der Waals surface area contributed by atoms with Crippen LogP contribution in [0.25, 0.3) is 22.3 Å². The summed E-state index contributed by atoms with van der Waals surface area (Å²) in [5.74, 6) is 0.613. The standard InChI is InChI=1S/C31H33N3O7/c1-2-31(38)22-10-24-27-20(15-34(24)28(36)21(22)16-41-29(31)37)19(14-33-5-3-30(4-6-33)12-17(35)13-30)18-9-25-26(11-23(18)32-27)40-8-7-39-25/h9-11,17,35,38H,2-8,12-16H2,1H3/t31-/m0/s1. The molecule has 41 heavy (non-hydrogen) atoms. The second kappa shape index (κ2) is 8.77. The van der Waals surface area contributed by atoms with Crippen molar-refractivity contribution >= 4 is 16.9 Å². The van der Waals surface area contributed by atoms with Crippen molar-refractivity contribution in [3.05, 3.63) is 50.8 Å². The van der Waals surface area contributed by atoms with Crippen molar-refractivity contribution in [2.45, 2.75) is 70.4 Å². The van der Waals surface area contributed by atoms with E-state index < -0.39 is 11.6 Å². The molecular formula is C31H33N3O7. The minimum atomic E-state index is -1.87. The molecule has 214 valence electrons. The van der Waals surface area contributed by atoms with E-state index in [4.69, 9.17) is 19.2 Å². The number of rotatable bonds is 3. The van der Waals surface area contributed by atoms with E-state index in [1.807, 2.05) is 12.1 Å². The largest absolute Gasteiger partial charge is 0.486 e. The van der Waals surface area contributed by atoms with E-state index in [-0.39, 0.29) is 30.1 Å². The highest BCUT2D eigenvalue weighted by Crippen LogP contribution is 2.50. The summed E-state index contributed by atoms with van der Waals surface area (Å²) < 4.78 is 18.7. The van der Waals surface area contributed by atoms with Gasteiger partial charge in [-0.1, -0.05) is 6.92 Å². The Hall–Kier alpha value is -3.47. The van der Waals surface area contributed by atoms with Crippen LogP contribution < -0.4 is 15.0 Å². The maximum Gasteiger partial charge on any atom is 0.343 e. The first-order valence-electron chi connectivity index (χ1n) is 14.6. The number of nitrogens with zero attached hydrogens (tertiary/aromatic N) is 3. The summed E-state index contributed by atoms with van der Waals surface area (Å²) in [6, 6.07) is 5.69. The predicted molar refractivity (Wildman–Crippen MR) is 148 cm³/mol. The topological polar surface area (TPSA) is 123 Å². The molecule has 1 saturated heterocycles. The zero-order chi connectivity index (χ0) is 28.1. The Labute approximate surface area is 236 Å². The summed E-state index contributed by atoms with van der Waals surface area (Å²) in [6.45, 7) is 5.45. The normalized spacial score (nSPS) is 24.5. The van der Waals surface area contributed by atoms with Gasteiger partial charge in [-0.3, -0.25) is 9.69 Å². The Morgan fingerprint density at radius 1 is 1.02 bits per heavy atom. The Balaban J connectivity index is 1.27. The molecule has 4 aliphatic heterocycles. The quantitative estimate of drug-likeness (QED) is 0.365. The number of pyridine rings is 2. The number of aliphatic hydroxyl groups is 2. The third-order valence-electron chi connectivity index (χ3n) is 10.1. The minimum absolute atomic E-state index is 0.0991. The van der Waals surface area contributed by atoms with Gasteiger partial charge in [0.2, 0.25) is 0 Å². The SMILES string of the molecule is CC[C@@]1(O)C(=O)OCc2c1cc1n(c2=O)Cc2c-1nc1cc3c(cc1c2CN1CCC2(CC1)CC(O)C2)OCCO3. The number of benzene rings is 1. The molecule has 0 unspecified atom stereocenters. The van der Waals surface area contributed by atoms with Gasteiger partial charge in [-0.15, -0.1) is 0 Å². The van der Waals surface area contributed by atoms with Crippen LogP contribution in [0.2, 0.25) is 0 Å². The van der Waals surface area contributed by atoms with Gasteiger partial charge in [-0.05, 0) is 68.3 Å². The molecule has 5 aliphatic rings. The van der Waals surface area contributed by atoms with E-state index >= 15 is 0 Å². The Morgan fingerprint density at radius 3 is 2.46 bits per heavy atom. The van der Waals surface area contributed by atoms with Gasteiger partial charge in [0.1, 0.15) is 19.8 Å². The maximum atomic E-state index is 13.8. The van der Waals surface area contributed by atoms with Crippen molar-refractivity contribution in [3.8, 4) is 22.9 Å². The molecule has 2 fully saturated rings. The van der Waals surface area contributed by atoms with E-state index in [1.54, 1.807) is 17.6 Å². The van der Waals surface area contributed by atoms with E-state index in [2.05, 4.69) is 4.90 Å². The van der Waals surface area contributed by atoms with Crippen LogP contribution in [0.4, 0.5) is 0 Å². The van der Waals surface area contributed by atoms with Crippen LogP contribution in [0.3, 0.4) is 0 Å². The van der Waals surface area contributed by atoms with Gasteiger partial charge >= 0.3 is 5.97 Å². The highest BCUT2D eigenvalue weighted by Gasteiger charge is 2.47. The fourth-order valence-corrected chi connectivity index (χ4v) is 7.64. The van der Waals surface area contributed by atoms with Gasteiger partial charge in [0.05, 0.1) is 35.1 Å². The van der Waals surface area contributed by atoms with E-state index in [9.17, 15) is 19.8 Å². The second-order valence-electron chi connectivity index (χ2n) is 12.4. The van der Waals surface area contributed by atoms with Crippen molar-refractivity contribution in [3.63, 3.8) is 0 Å². The molecule has 0 radical (unpaired) electrons. The number of carbonyl (C=O) groups excluding carboxylic acids is 1. The van der Waals surface area contributed by atoms with Crippen molar-refractivity contribution in [1.29, 1.82) is 0 Å². The molecule has 3 aromatic rings. The molecule has 1 aromatic carbocycles. The van der Waals surface area contributed by atoms with Crippen LogP contribution in [0, 0.1) is 5.41 Å². The van der Waals surface area contributed by atoms with Gasteiger partial charge < -0.3 is 29.0 Å². The molecule has 2 N–H and O–H groups in total. The van der Waals surface area contributed by atoms with E-state index in [0.29, 0.717) is 60.3 Å². The zero-order valence-electron chi connectivity index (χ0n) is 23.1. The highest BCUT2D eigenvalue weighted by molar-refractivity contribution is 5.91. The summed E-state index contributed by atoms with van der Waals surface area (Å²) >= 11 is 0. The molecule has 1 atom stereocenters. The van der Waals surface area contributed by atoms with E-state index in [1.165, 1.54) is 0 Å². The average molecular weight is 560 g/mol. The predicted octanol–water partition coefficient (Wildman–Crippen LogP) is 2.59. The summed E-state index contributed by atoms with van der Waals surface area (Å²) in [7, 11) is 0. The van der Waals surface area contributed by atoms with Gasteiger partial charge in [-0.25, -0.2) is 9.78 Å². The number of hydrogen-bond donors (Lipinski definition) is 2. The number of carbonyl (C=O) groups is 1. The fourth-order valence-electron chi connectivity index (χ4n) is 7.64. The minimum Gasteiger partial charge on any atom is -0.486 e. The summed E-state index contributed by atoms with van der Waals surface area (Å²) in [5.41, 5.74) is 2.90. The number of ether oxygens (including phenoxy) is 3. The van der Waals surface area contributed by atoms with Gasteiger partial charge in [0, 0.05) is 29.1 Å². The molecule has 10 nitrogen and oxygen atoms in total. The molecule has 1 spiro atoms. The van der Waals surface area contributed by atoms with Crippen molar-refractivity contribution in [1.82, 2.24) is 14.5 Å². The first-order chi connectivity index (χ1) is 19.8. The molecule has 0 bridgehead atoms. The number of aliphatic hydroxyl groups excluding tert-OH is 1. The van der Waals surface area contributed by atoms with Crippen molar-refractivity contribution < 1.29 is 29.2 Å². The Kier molecular flexibility index (Phi) is 5.40. The van der Waals surface area contributed by atoms with Crippen LogP contribution in [0.5, 0.6) is 11.5 Å². The fraction of sp³-hybridized carbons (Fsp3) is 0.516. The molecule has 0 amide bonds. The average Bonchev–Trinajstić information content (AvgIpc) is 3.33. The lowest BCUT2D eigenvalue weighted by molar-refractivity contribution is -0.172. The molecule has 1 aliphatic carbocycles. The lowest BCUT2D eigenvalue weighted by Gasteiger charge is -2.50. The summed E-state index contributed by atoms with van der Waals surface area (Å²) in [6.07, 6.45) is 3.88. The number of piperidine rings is 1. The van der Waals surface area contributed by atoms with Gasteiger partial charge in [0.15, 0.2) is 17.1 Å². The number of hydrogen-bond acceptors (Lipinski definition) is 9. The molecule has 10 heteroatoms. The lowest BCUT2D eigenvalue weighted by atomic mass is 9.61. The van der Waals surface area contributed by atoms with Crippen LogP contribution in [0.1, 0.15) is 61.3 Å². The van der Waals surface area contributed by atoms with E-state index in [0.717, 1.165) is 60.8 Å². The van der Waals surface area contributed by atoms with Gasteiger partial charge in [0.25, 0.3) is 5.56 Å². The molecule has 2 aromatic heterocycles. The third-order valence-corrected chi connectivity index (χ3v) is 10.1. The number of cyclic esters (lactones) is 1. The second-order valence-corrected chi connectivity index (χ2v) is 12.4. The number of aromatic nitrogens is 2. The number of fused-ring (bicyclic) bond motifs is 6.